The van der Waals surface area contributed by atoms with E-state index in [1.54, 1.807) is 29.1 Å². The molecule has 3 aromatic rings. The predicted molar refractivity (Wildman–Crippen MR) is 88.5 cm³/mol. The van der Waals surface area contributed by atoms with Gasteiger partial charge in [-0.1, -0.05) is 41.6 Å². The second-order valence-corrected chi connectivity index (χ2v) is 5.19. The Hall–Kier alpha value is -3.48. The topological polar surface area (TPSA) is 103 Å². The summed E-state index contributed by atoms with van der Waals surface area (Å²) in [5.74, 6) is -0.962. The van der Waals surface area contributed by atoms with Crippen LogP contribution in [0.1, 0.15) is 26.4 Å². The van der Waals surface area contributed by atoms with Gasteiger partial charge in [0, 0.05) is 11.3 Å². The number of hydrogen-bond donors (Lipinski definition) is 2. The van der Waals surface area contributed by atoms with E-state index in [1.807, 2.05) is 30.3 Å². The molecule has 0 saturated heterocycles. The van der Waals surface area contributed by atoms with Crippen LogP contribution in [0.15, 0.2) is 60.8 Å². The van der Waals surface area contributed by atoms with Crippen molar-refractivity contribution in [3.63, 3.8) is 0 Å². The molecule has 0 atom stereocenters. The maximum Gasteiger partial charge on any atom is 0.277 e. The summed E-state index contributed by atoms with van der Waals surface area (Å²) in [5, 5.41) is 10.5. The van der Waals surface area contributed by atoms with Crippen LogP contribution in [0.5, 0.6) is 0 Å². The Morgan fingerprint density at radius 1 is 1.08 bits per heavy atom. The van der Waals surface area contributed by atoms with E-state index in [0.29, 0.717) is 17.8 Å². The number of nitrogens with zero attached hydrogens (tertiary/aromatic N) is 3. The van der Waals surface area contributed by atoms with Crippen LogP contribution >= 0.6 is 0 Å². The quantitative estimate of drug-likeness (QED) is 0.746. The molecule has 0 unspecified atom stereocenters. The molecule has 3 rings (SSSR count). The lowest BCUT2D eigenvalue weighted by Crippen LogP contribution is -2.14. The third-order valence-corrected chi connectivity index (χ3v) is 3.36. The molecule has 0 saturated carbocycles. The number of amides is 2. The van der Waals surface area contributed by atoms with E-state index in [4.69, 9.17) is 5.73 Å². The molecule has 0 bridgehead atoms. The summed E-state index contributed by atoms with van der Waals surface area (Å²) in [5.41, 5.74) is 7.26. The first kappa shape index (κ1) is 15.4. The van der Waals surface area contributed by atoms with Gasteiger partial charge >= 0.3 is 0 Å². The normalized spacial score (nSPS) is 10.3. The first-order valence-corrected chi connectivity index (χ1v) is 7.27. The number of nitrogens with one attached hydrogen (secondary N) is 1. The Labute approximate surface area is 138 Å². The van der Waals surface area contributed by atoms with Crippen molar-refractivity contribution < 1.29 is 9.59 Å². The molecule has 120 valence electrons. The second-order valence-electron chi connectivity index (χ2n) is 5.19. The van der Waals surface area contributed by atoms with E-state index in [0.717, 1.165) is 5.56 Å². The van der Waals surface area contributed by atoms with E-state index in [1.165, 1.54) is 6.07 Å². The Bertz CT molecular complexity index is 873. The number of rotatable bonds is 5. The number of nitrogens with two attached hydrogens (primary N) is 1. The van der Waals surface area contributed by atoms with Crippen molar-refractivity contribution in [1.82, 2.24) is 15.0 Å². The number of hydrogen-bond acceptors (Lipinski definition) is 4. The van der Waals surface area contributed by atoms with Crippen molar-refractivity contribution in [3.05, 3.63) is 77.6 Å². The zero-order chi connectivity index (χ0) is 16.9. The zero-order valence-electron chi connectivity index (χ0n) is 12.7. The van der Waals surface area contributed by atoms with Gasteiger partial charge in [-0.2, -0.15) is 0 Å². The summed E-state index contributed by atoms with van der Waals surface area (Å²) in [4.78, 5) is 23.4. The summed E-state index contributed by atoms with van der Waals surface area (Å²) in [6.07, 6.45) is 1.57. The highest BCUT2D eigenvalue weighted by Gasteiger charge is 2.12. The van der Waals surface area contributed by atoms with E-state index in [2.05, 4.69) is 15.6 Å². The minimum atomic E-state index is -0.556. The number of carbonyl (C=O) groups is 2. The first-order valence-electron chi connectivity index (χ1n) is 7.27. The van der Waals surface area contributed by atoms with E-state index < -0.39 is 11.8 Å². The summed E-state index contributed by atoms with van der Waals surface area (Å²) >= 11 is 0. The molecule has 0 aliphatic heterocycles. The molecule has 0 spiro atoms. The van der Waals surface area contributed by atoms with Crippen LogP contribution in [0.2, 0.25) is 0 Å². The van der Waals surface area contributed by atoms with Gasteiger partial charge in [0.2, 0.25) is 5.91 Å². The lowest BCUT2D eigenvalue weighted by molar-refractivity contribution is 0.0995. The van der Waals surface area contributed by atoms with Gasteiger partial charge < -0.3 is 11.1 Å². The maximum absolute atomic E-state index is 12.2. The number of anilines is 1. The van der Waals surface area contributed by atoms with Crippen molar-refractivity contribution in [1.29, 1.82) is 0 Å². The molecule has 0 radical (unpaired) electrons. The van der Waals surface area contributed by atoms with E-state index >= 15 is 0 Å². The standard InChI is InChI=1S/C17H15N5O2/c18-16(23)13-7-4-8-14(9-13)19-17(24)15-11-22(21-20-15)10-12-5-2-1-3-6-12/h1-9,11H,10H2,(H2,18,23)(H,19,24). The average Bonchev–Trinajstić information content (AvgIpc) is 3.04. The predicted octanol–water partition coefficient (Wildman–Crippen LogP) is 1.68. The summed E-state index contributed by atoms with van der Waals surface area (Å²) in [6.45, 7) is 0.526. The highest BCUT2D eigenvalue weighted by Crippen LogP contribution is 2.11. The number of aromatic nitrogens is 3. The second kappa shape index (κ2) is 6.74. The van der Waals surface area contributed by atoms with E-state index in [9.17, 15) is 9.59 Å². The van der Waals surface area contributed by atoms with Crippen LogP contribution < -0.4 is 11.1 Å². The van der Waals surface area contributed by atoms with Gasteiger partial charge in [0.15, 0.2) is 5.69 Å². The van der Waals surface area contributed by atoms with Gasteiger partial charge in [-0.25, -0.2) is 4.68 Å². The summed E-state index contributed by atoms with van der Waals surface area (Å²) in [6, 6.07) is 16.1. The highest BCUT2D eigenvalue weighted by atomic mass is 16.2. The van der Waals surface area contributed by atoms with Crippen molar-refractivity contribution in [2.45, 2.75) is 6.54 Å². The molecule has 0 aliphatic rings. The molecule has 2 aromatic carbocycles. The van der Waals surface area contributed by atoms with Gasteiger partial charge in [0.25, 0.3) is 5.91 Å². The van der Waals surface area contributed by atoms with Crippen molar-refractivity contribution in [2.24, 2.45) is 5.73 Å². The summed E-state index contributed by atoms with van der Waals surface area (Å²) < 4.78 is 1.59. The number of primary amides is 1. The molecule has 7 nitrogen and oxygen atoms in total. The summed E-state index contributed by atoms with van der Waals surface area (Å²) in [7, 11) is 0. The van der Waals surface area contributed by atoms with Crippen molar-refractivity contribution in [2.75, 3.05) is 5.32 Å². The molecular weight excluding hydrogens is 306 g/mol. The van der Waals surface area contributed by atoms with Crippen LogP contribution in [0.4, 0.5) is 5.69 Å². The molecule has 2 amide bonds. The van der Waals surface area contributed by atoms with Crippen LogP contribution in [0.3, 0.4) is 0 Å². The van der Waals surface area contributed by atoms with Crippen LogP contribution in [0, 0.1) is 0 Å². The Morgan fingerprint density at radius 3 is 2.62 bits per heavy atom. The average molecular weight is 321 g/mol. The third kappa shape index (κ3) is 3.64. The lowest BCUT2D eigenvalue weighted by Gasteiger charge is -2.04. The molecular formula is C17H15N5O2. The SMILES string of the molecule is NC(=O)c1cccc(NC(=O)c2cn(Cc3ccccc3)nn2)c1. The Kier molecular flexibility index (Phi) is 4.33. The Morgan fingerprint density at radius 2 is 1.88 bits per heavy atom. The molecule has 0 aliphatic carbocycles. The van der Waals surface area contributed by atoms with Gasteiger partial charge in [0.1, 0.15) is 0 Å². The highest BCUT2D eigenvalue weighted by molar-refractivity contribution is 6.03. The van der Waals surface area contributed by atoms with Crippen molar-refractivity contribution in [3.8, 4) is 0 Å². The molecule has 0 fully saturated rings. The van der Waals surface area contributed by atoms with Gasteiger partial charge in [-0.05, 0) is 23.8 Å². The molecule has 24 heavy (non-hydrogen) atoms. The van der Waals surface area contributed by atoms with Crippen LogP contribution in [-0.4, -0.2) is 26.8 Å². The monoisotopic (exact) mass is 321 g/mol. The van der Waals surface area contributed by atoms with Gasteiger partial charge in [-0.3, -0.25) is 9.59 Å². The fraction of sp³-hybridized carbons (Fsp3) is 0.0588. The molecule has 1 heterocycles. The van der Waals surface area contributed by atoms with Crippen molar-refractivity contribution >= 4 is 17.5 Å². The van der Waals surface area contributed by atoms with E-state index in [-0.39, 0.29) is 5.69 Å². The fourth-order valence-corrected chi connectivity index (χ4v) is 2.20. The minimum absolute atomic E-state index is 0.190. The number of benzene rings is 2. The van der Waals surface area contributed by atoms with Crippen LogP contribution in [-0.2, 0) is 6.54 Å². The largest absolute Gasteiger partial charge is 0.366 e. The smallest absolute Gasteiger partial charge is 0.277 e. The molecule has 1 aromatic heterocycles. The van der Waals surface area contributed by atoms with Crippen LogP contribution in [0.25, 0.3) is 0 Å². The lowest BCUT2D eigenvalue weighted by atomic mass is 10.2. The number of carbonyl (C=O) groups excluding carboxylic acids is 2. The first-order chi connectivity index (χ1) is 11.6. The van der Waals surface area contributed by atoms with Gasteiger partial charge in [-0.15, -0.1) is 5.10 Å². The minimum Gasteiger partial charge on any atom is -0.366 e. The molecule has 3 N–H and O–H groups in total. The zero-order valence-corrected chi connectivity index (χ0v) is 12.7. The van der Waals surface area contributed by atoms with Gasteiger partial charge in [0.05, 0.1) is 12.7 Å². The Balaban J connectivity index is 1.70. The fourth-order valence-electron chi connectivity index (χ4n) is 2.20. The third-order valence-electron chi connectivity index (χ3n) is 3.36. The molecule has 7 heteroatoms. The maximum atomic E-state index is 12.2.